The summed E-state index contributed by atoms with van der Waals surface area (Å²) in [5, 5.41) is 4.20. The lowest BCUT2D eigenvalue weighted by molar-refractivity contribution is 0.102. The Kier molecular flexibility index (Phi) is 6.50. The Morgan fingerprint density at radius 1 is 1.22 bits per heavy atom. The summed E-state index contributed by atoms with van der Waals surface area (Å²) in [6.07, 6.45) is 4.45. The van der Waals surface area contributed by atoms with E-state index in [2.05, 4.69) is 31.1 Å². The van der Waals surface area contributed by atoms with Crippen molar-refractivity contribution in [2.45, 2.75) is 40.0 Å². The minimum Gasteiger partial charge on any atom is -0.322 e. The van der Waals surface area contributed by atoms with E-state index in [1.165, 1.54) is 17.0 Å². The second kappa shape index (κ2) is 9.16. The first-order chi connectivity index (χ1) is 15.2. The van der Waals surface area contributed by atoms with E-state index in [-0.39, 0.29) is 17.1 Å². The van der Waals surface area contributed by atoms with E-state index in [1.807, 2.05) is 6.07 Å². The number of halogens is 2. The number of carbonyl (C=O) groups excluding carboxylic acids is 1. The van der Waals surface area contributed by atoms with Crippen LogP contribution in [0.2, 0.25) is 5.02 Å². The minimum absolute atomic E-state index is 0.189. The molecule has 1 aromatic heterocycles. The lowest BCUT2D eigenvalue weighted by atomic mass is 9.72. The van der Waals surface area contributed by atoms with Gasteiger partial charge in [-0.1, -0.05) is 50.6 Å². The van der Waals surface area contributed by atoms with Crippen molar-refractivity contribution >= 4 is 45.7 Å². The number of benzene rings is 2. The molecule has 4 rings (SSSR count). The summed E-state index contributed by atoms with van der Waals surface area (Å²) in [5.41, 5.74) is 3.21. The highest BCUT2D eigenvalue weighted by atomic mass is 35.5. The molecule has 0 aliphatic heterocycles. The Morgan fingerprint density at radius 3 is 2.72 bits per heavy atom. The number of fused-ring (bicyclic) bond motifs is 1. The quantitative estimate of drug-likeness (QED) is 0.391. The van der Waals surface area contributed by atoms with E-state index in [0.29, 0.717) is 32.8 Å². The van der Waals surface area contributed by atoms with Gasteiger partial charge in [0.25, 0.3) is 5.91 Å². The van der Waals surface area contributed by atoms with E-state index in [4.69, 9.17) is 11.6 Å². The van der Waals surface area contributed by atoms with Crippen molar-refractivity contribution in [1.29, 1.82) is 0 Å². The maximum Gasteiger partial charge on any atom is 0.259 e. The highest BCUT2D eigenvalue weighted by molar-refractivity contribution is 7.16. The zero-order valence-corrected chi connectivity index (χ0v) is 20.0. The lowest BCUT2D eigenvalue weighted by Gasteiger charge is -2.33. The van der Waals surface area contributed by atoms with Crippen LogP contribution in [-0.2, 0) is 12.8 Å². The molecule has 0 fully saturated rings. The summed E-state index contributed by atoms with van der Waals surface area (Å²) >= 11 is 7.65. The normalized spacial score (nSPS) is 16.2. The first kappa shape index (κ1) is 22.7. The molecule has 1 amide bonds. The molecule has 2 aromatic carbocycles. The van der Waals surface area contributed by atoms with Gasteiger partial charge >= 0.3 is 0 Å². The lowest BCUT2D eigenvalue weighted by Crippen LogP contribution is -2.27. The van der Waals surface area contributed by atoms with Gasteiger partial charge in [-0.25, -0.2) is 9.38 Å². The molecule has 6 heteroatoms. The van der Waals surface area contributed by atoms with Crippen molar-refractivity contribution in [2.24, 2.45) is 16.3 Å². The number of nitrogens with zero attached hydrogens (tertiary/aromatic N) is 1. The second-order valence-electron chi connectivity index (χ2n) is 9.27. The predicted molar refractivity (Wildman–Crippen MR) is 132 cm³/mol. The molecule has 3 nitrogen and oxygen atoms in total. The van der Waals surface area contributed by atoms with Crippen LogP contribution in [0.1, 0.15) is 53.6 Å². The van der Waals surface area contributed by atoms with Gasteiger partial charge in [-0.15, -0.1) is 11.3 Å². The molecule has 1 atom stereocenters. The van der Waals surface area contributed by atoms with Gasteiger partial charge in [0.15, 0.2) is 0 Å². The largest absolute Gasteiger partial charge is 0.322 e. The summed E-state index contributed by atoms with van der Waals surface area (Å²) in [5.74, 6) is 0.0503. The fourth-order valence-electron chi connectivity index (χ4n) is 4.12. The zero-order valence-electron chi connectivity index (χ0n) is 18.4. The fourth-order valence-corrected chi connectivity index (χ4v) is 5.57. The third-order valence-corrected chi connectivity index (χ3v) is 7.36. The van der Waals surface area contributed by atoms with Crippen LogP contribution in [0.3, 0.4) is 0 Å². The Labute approximate surface area is 197 Å². The first-order valence-corrected chi connectivity index (χ1v) is 11.9. The summed E-state index contributed by atoms with van der Waals surface area (Å²) in [4.78, 5) is 19.2. The Balaban J connectivity index is 1.71. The van der Waals surface area contributed by atoms with Crippen LogP contribution in [0, 0.1) is 17.2 Å². The van der Waals surface area contributed by atoms with Crippen molar-refractivity contribution in [1.82, 2.24) is 0 Å². The predicted octanol–water partition coefficient (Wildman–Crippen LogP) is 7.69. The molecule has 166 valence electrons. The van der Waals surface area contributed by atoms with Crippen molar-refractivity contribution in [3.63, 3.8) is 0 Å². The second-order valence-corrected chi connectivity index (χ2v) is 10.8. The number of carbonyl (C=O) groups is 1. The number of anilines is 1. The van der Waals surface area contributed by atoms with Crippen LogP contribution in [0.15, 0.2) is 53.5 Å². The van der Waals surface area contributed by atoms with Crippen LogP contribution in [-0.4, -0.2) is 12.1 Å². The standard InChI is InChI=1S/C26H26ClFN2OS/c1-26(2,3)17-10-11-21-22(13-17)32-25(29-15-16-6-4-8-19(28)12-16)23(21)24(31)30-20-9-5-7-18(27)14-20/h4-9,12,14-15,17H,10-11,13H2,1-3H3,(H,30,31). The Bertz CT molecular complexity index is 1180. The number of thiophene rings is 1. The molecule has 1 aliphatic rings. The molecule has 1 unspecified atom stereocenters. The number of nitrogens with one attached hydrogen (secondary N) is 1. The third kappa shape index (κ3) is 5.11. The average molecular weight is 469 g/mol. The molecule has 0 radical (unpaired) electrons. The van der Waals surface area contributed by atoms with E-state index < -0.39 is 0 Å². The number of amides is 1. The summed E-state index contributed by atoms with van der Waals surface area (Å²) in [6.45, 7) is 6.81. The third-order valence-electron chi connectivity index (χ3n) is 5.96. The van der Waals surface area contributed by atoms with Crippen LogP contribution >= 0.6 is 22.9 Å². The smallest absolute Gasteiger partial charge is 0.259 e. The number of aliphatic imine (C=N–C) groups is 1. The van der Waals surface area contributed by atoms with Gasteiger partial charge in [0, 0.05) is 21.8 Å². The van der Waals surface area contributed by atoms with Gasteiger partial charge < -0.3 is 5.32 Å². The minimum atomic E-state index is -0.314. The average Bonchev–Trinajstić information content (AvgIpc) is 3.09. The van der Waals surface area contributed by atoms with Crippen molar-refractivity contribution in [3.8, 4) is 0 Å². The monoisotopic (exact) mass is 468 g/mol. The molecular formula is C26H26ClFN2OS. The van der Waals surface area contributed by atoms with Gasteiger partial charge in [-0.3, -0.25) is 4.79 Å². The molecule has 0 saturated carbocycles. The molecule has 1 heterocycles. The number of hydrogen-bond acceptors (Lipinski definition) is 3. The van der Waals surface area contributed by atoms with E-state index >= 15 is 0 Å². The van der Waals surface area contributed by atoms with Crippen LogP contribution < -0.4 is 5.32 Å². The highest BCUT2D eigenvalue weighted by Crippen LogP contribution is 2.45. The topological polar surface area (TPSA) is 41.5 Å². The molecular weight excluding hydrogens is 443 g/mol. The molecule has 32 heavy (non-hydrogen) atoms. The highest BCUT2D eigenvalue weighted by Gasteiger charge is 2.33. The molecule has 0 spiro atoms. The van der Waals surface area contributed by atoms with Gasteiger partial charge in [0.2, 0.25) is 0 Å². The summed E-state index contributed by atoms with van der Waals surface area (Å²) in [6, 6.07) is 13.4. The van der Waals surface area contributed by atoms with E-state index in [1.54, 1.807) is 47.9 Å². The van der Waals surface area contributed by atoms with Crippen molar-refractivity contribution < 1.29 is 9.18 Å². The van der Waals surface area contributed by atoms with Gasteiger partial charge in [-0.05, 0) is 72.1 Å². The van der Waals surface area contributed by atoms with Crippen LogP contribution in [0.5, 0.6) is 0 Å². The maximum absolute atomic E-state index is 13.6. The molecule has 0 bridgehead atoms. The fraction of sp³-hybridized carbons (Fsp3) is 0.308. The SMILES string of the molecule is CC(C)(C)C1CCc2c(sc(N=Cc3cccc(F)c3)c2C(=O)Nc2cccc(Cl)c2)C1. The molecule has 1 N–H and O–H groups in total. The number of hydrogen-bond donors (Lipinski definition) is 1. The van der Waals surface area contributed by atoms with Crippen LogP contribution in [0.25, 0.3) is 0 Å². The first-order valence-electron chi connectivity index (χ1n) is 10.7. The van der Waals surface area contributed by atoms with Gasteiger partial charge in [-0.2, -0.15) is 0 Å². The van der Waals surface area contributed by atoms with Crippen molar-refractivity contribution in [2.75, 3.05) is 5.32 Å². The zero-order chi connectivity index (χ0) is 22.9. The molecule has 1 aliphatic carbocycles. The summed E-state index contributed by atoms with van der Waals surface area (Å²) < 4.78 is 13.6. The van der Waals surface area contributed by atoms with Crippen molar-refractivity contribution in [3.05, 3.63) is 80.9 Å². The molecule has 3 aromatic rings. The number of rotatable bonds is 4. The van der Waals surface area contributed by atoms with E-state index in [9.17, 15) is 9.18 Å². The maximum atomic E-state index is 13.6. The van der Waals surface area contributed by atoms with Crippen LogP contribution in [0.4, 0.5) is 15.1 Å². The van der Waals surface area contributed by atoms with E-state index in [0.717, 1.165) is 24.8 Å². The molecule has 0 saturated heterocycles. The Hall–Kier alpha value is -2.50. The van der Waals surface area contributed by atoms with Gasteiger partial charge in [0.1, 0.15) is 10.8 Å². The van der Waals surface area contributed by atoms with Gasteiger partial charge in [0.05, 0.1) is 5.56 Å². The Morgan fingerprint density at radius 2 is 2.00 bits per heavy atom. The summed E-state index contributed by atoms with van der Waals surface area (Å²) in [7, 11) is 0.